The number of benzene rings is 1. The van der Waals surface area contributed by atoms with Crippen LogP contribution in [0, 0.1) is 0 Å². The number of ether oxygens (including phenoxy) is 1. The molecular formula is C21H22N6O3S. The number of fused-ring (bicyclic) bond motifs is 2. The van der Waals surface area contributed by atoms with Crippen molar-refractivity contribution in [3.8, 4) is 11.3 Å². The fourth-order valence-electron chi connectivity index (χ4n) is 4.01. The molecule has 0 amide bonds. The summed E-state index contributed by atoms with van der Waals surface area (Å²) in [6.07, 6.45) is 6.22. The Balaban J connectivity index is 1.38. The van der Waals surface area contributed by atoms with Gasteiger partial charge in [0.2, 0.25) is 16.0 Å². The largest absolute Gasteiger partial charge is 0.371 e. The SMILES string of the molecule is NS(=O)(=O)c1cccc(Nc2nccc(-c3ccnc(N4C[C@H]5CC[C@@H](C4)O5)c3)n2)c1. The summed E-state index contributed by atoms with van der Waals surface area (Å²) in [5.74, 6) is 1.26. The maximum absolute atomic E-state index is 11.6. The van der Waals surface area contributed by atoms with E-state index in [1.54, 1.807) is 24.5 Å². The lowest BCUT2D eigenvalue weighted by atomic mass is 10.2. The van der Waals surface area contributed by atoms with Crippen molar-refractivity contribution in [3.63, 3.8) is 0 Å². The molecule has 4 heterocycles. The lowest BCUT2D eigenvalue weighted by Crippen LogP contribution is -2.43. The number of primary sulfonamides is 1. The van der Waals surface area contributed by atoms with Gasteiger partial charge in [0.1, 0.15) is 5.82 Å². The first-order valence-corrected chi connectivity index (χ1v) is 11.6. The lowest BCUT2D eigenvalue weighted by Gasteiger charge is -2.33. The third kappa shape index (κ3) is 4.36. The van der Waals surface area contributed by atoms with E-state index in [0.29, 0.717) is 11.6 Å². The Morgan fingerprint density at radius 3 is 2.58 bits per heavy atom. The molecule has 0 aliphatic carbocycles. The van der Waals surface area contributed by atoms with Gasteiger partial charge in [-0.2, -0.15) is 0 Å². The zero-order valence-electron chi connectivity index (χ0n) is 16.7. The van der Waals surface area contributed by atoms with E-state index in [4.69, 9.17) is 9.88 Å². The van der Waals surface area contributed by atoms with Gasteiger partial charge in [-0.15, -0.1) is 0 Å². The Morgan fingerprint density at radius 1 is 1.03 bits per heavy atom. The number of sulfonamides is 1. The first kappa shape index (κ1) is 19.9. The molecule has 2 fully saturated rings. The Morgan fingerprint density at radius 2 is 1.81 bits per heavy atom. The molecule has 160 valence electrons. The maximum atomic E-state index is 11.6. The van der Waals surface area contributed by atoms with Crippen LogP contribution in [0.15, 0.2) is 59.8 Å². The van der Waals surface area contributed by atoms with Crippen LogP contribution in [-0.4, -0.2) is 48.7 Å². The van der Waals surface area contributed by atoms with Crippen LogP contribution >= 0.6 is 0 Å². The molecular weight excluding hydrogens is 416 g/mol. The molecule has 0 radical (unpaired) electrons. The number of morpholine rings is 1. The van der Waals surface area contributed by atoms with Gasteiger partial charge < -0.3 is 15.0 Å². The molecule has 1 aromatic carbocycles. The van der Waals surface area contributed by atoms with E-state index in [1.807, 2.05) is 18.2 Å². The van der Waals surface area contributed by atoms with Crippen molar-refractivity contribution in [1.29, 1.82) is 0 Å². The van der Waals surface area contributed by atoms with E-state index < -0.39 is 10.0 Å². The zero-order chi connectivity index (χ0) is 21.4. The fourth-order valence-corrected chi connectivity index (χ4v) is 4.57. The number of nitrogens with one attached hydrogen (secondary N) is 1. The monoisotopic (exact) mass is 438 g/mol. The lowest BCUT2D eigenvalue weighted by molar-refractivity contribution is 0.0302. The smallest absolute Gasteiger partial charge is 0.238 e. The second-order valence-corrected chi connectivity index (χ2v) is 9.29. The van der Waals surface area contributed by atoms with Gasteiger partial charge in [0.15, 0.2) is 0 Å². The van der Waals surface area contributed by atoms with E-state index in [1.165, 1.54) is 12.1 Å². The molecule has 0 spiro atoms. The third-order valence-corrected chi connectivity index (χ3v) is 6.39. The molecule has 2 aliphatic rings. The van der Waals surface area contributed by atoms with Gasteiger partial charge in [-0.1, -0.05) is 6.07 Å². The van der Waals surface area contributed by atoms with Crippen molar-refractivity contribution < 1.29 is 13.2 Å². The van der Waals surface area contributed by atoms with Gasteiger partial charge in [0.25, 0.3) is 0 Å². The van der Waals surface area contributed by atoms with E-state index in [9.17, 15) is 8.42 Å². The topological polar surface area (TPSA) is 123 Å². The molecule has 10 heteroatoms. The fraction of sp³-hybridized carbons (Fsp3) is 0.286. The summed E-state index contributed by atoms with van der Waals surface area (Å²) < 4.78 is 29.1. The number of hydrogen-bond acceptors (Lipinski definition) is 8. The number of pyridine rings is 1. The van der Waals surface area contributed by atoms with Crippen LogP contribution in [0.1, 0.15) is 12.8 Å². The average molecular weight is 439 g/mol. The number of rotatable bonds is 5. The number of aromatic nitrogens is 3. The molecule has 2 atom stereocenters. The van der Waals surface area contributed by atoms with Crippen LogP contribution in [0.2, 0.25) is 0 Å². The number of anilines is 3. The summed E-state index contributed by atoms with van der Waals surface area (Å²) >= 11 is 0. The molecule has 5 rings (SSSR count). The minimum Gasteiger partial charge on any atom is -0.371 e. The van der Waals surface area contributed by atoms with Crippen molar-refractivity contribution in [3.05, 3.63) is 54.9 Å². The van der Waals surface area contributed by atoms with Crippen LogP contribution in [0.5, 0.6) is 0 Å². The number of hydrogen-bond donors (Lipinski definition) is 2. The van der Waals surface area contributed by atoms with Crippen molar-refractivity contribution in [2.75, 3.05) is 23.3 Å². The molecule has 0 saturated carbocycles. The van der Waals surface area contributed by atoms with Crippen molar-refractivity contribution in [2.24, 2.45) is 5.14 Å². The molecule has 9 nitrogen and oxygen atoms in total. The first-order valence-electron chi connectivity index (χ1n) is 10.0. The Bertz CT molecular complexity index is 1210. The van der Waals surface area contributed by atoms with Gasteiger partial charge in [0.05, 0.1) is 22.8 Å². The predicted molar refractivity (Wildman–Crippen MR) is 116 cm³/mol. The van der Waals surface area contributed by atoms with Crippen LogP contribution in [-0.2, 0) is 14.8 Å². The molecule has 3 aromatic rings. The van der Waals surface area contributed by atoms with E-state index >= 15 is 0 Å². The summed E-state index contributed by atoms with van der Waals surface area (Å²) in [5.41, 5.74) is 2.19. The molecule has 2 bridgehead atoms. The Labute approximate surface area is 180 Å². The minimum absolute atomic E-state index is 0.0203. The standard InChI is InChI=1S/C21H22N6O3S/c22-31(28,29)18-3-1-2-15(11-18)25-21-24-9-7-19(26-21)14-6-8-23-20(10-14)27-12-16-4-5-17(13-27)30-16/h1-3,6-11,16-17H,4-5,12-13H2,(H2,22,28,29)(H,24,25,26)/t16-,17+. The summed E-state index contributed by atoms with van der Waals surface area (Å²) in [7, 11) is -3.79. The second-order valence-electron chi connectivity index (χ2n) is 7.73. The van der Waals surface area contributed by atoms with Crippen LogP contribution in [0.3, 0.4) is 0 Å². The van der Waals surface area contributed by atoms with Crippen LogP contribution in [0.4, 0.5) is 17.5 Å². The van der Waals surface area contributed by atoms with Gasteiger partial charge in [-0.25, -0.2) is 28.5 Å². The van der Waals surface area contributed by atoms with Crippen molar-refractivity contribution in [1.82, 2.24) is 15.0 Å². The normalized spacial score (nSPS) is 20.6. The van der Waals surface area contributed by atoms with Gasteiger partial charge >= 0.3 is 0 Å². The number of nitrogens with zero attached hydrogens (tertiary/aromatic N) is 4. The molecule has 2 saturated heterocycles. The summed E-state index contributed by atoms with van der Waals surface area (Å²) in [4.78, 5) is 15.7. The zero-order valence-corrected chi connectivity index (χ0v) is 17.5. The minimum atomic E-state index is -3.79. The highest BCUT2D eigenvalue weighted by Crippen LogP contribution is 2.30. The third-order valence-electron chi connectivity index (χ3n) is 5.48. The van der Waals surface area contributed by atoms with Gasteiger partial charge in [-0.3, -0.25) is 0 Å². The number of nitrogens with two attached hydrogens (primary N) is 1. The van der Waals surface area contributed by atoms with Crippen LogP contribution < -0.4 is 15.4 Å². The predicted octanol–water partition coefficient (Wildman–Crippen LogP) is 2.30. The van der Waals surface area contributed by atoms with Crippen LogP contribution in [0.25, 0.3) is 11.3 Å². The molecule has 0 unspecified atom stereocenters. The molecule has 3 N–H and O–H groups in total. The van der Waals surface area contributed by atoms with Crippen molar-refractivity contribution >= 4 is 27.5 Å². The quantitative estimate of drug-likeness (QED) is 0.622. The van der Waals surface area contributed by atoms with E-state index in [0.717, 1.165) is 43.0 Å². The van der Waals surface area contributed by atoms with Gasteiger partial charge in [0, 0.05) is 36.7 Å². The van der Waals surface area contributed by atoms with Crippen molar-refractivity contribution in [2.45, 2.75) is 29.9 Å². The summed E-state index contributed by atoms with van der Waals surface area (Å²) in [5, 5.41) is 8.25. The molecule has 31 heavy (non-hydrogen) atoms. The van der Waals surface area contributed by atoms with E-state index in [-0.39, 0.29) is 17.1 Å². The first-order chi connectivity index (χ1) is 14.9. The second kappa shape index (κ2) is 7.88. The average Bonchev–Trinajstić information content (AvgIpc) is 3.11. The van der Waals surface area contributed by atoms with Gasteiger partial charge in [-0.05, 0) is 49.2 Å². The highest BCUT2D eigenvalue weighted by molar-refractivity contribution is 7.89. The maximum Gasteiger partial charge on any atom is 0.238 e. The highest BCUT2D eigenvalue weighted by atomic mass is 32.2. The Kier molecular flexibility index (Phi) is 5.05. The highest BCUT2D eigenvalue weighted by Gasteiger charge is 2.34. The summed E-state index contributed by atoms with van der Waals surface area (Å²) in [6.45, 7) is 1.70. The summed E-state index contributed by atoms with van der Waals surface area (Å²) in [6, 6.07) is 12.0. The van der Waals surface area contributed by atoms with E-state index in [2.05, 4.69) is 25.2 Å². The molecule has 2 aliphatic heterocycles. The molecule has 2 aromatic heterocycles. The Hall–Kier alpha value is -3.08.